The van der Waals surface area contributed by atoms with E-state index in [1.54, 1.807) is 0 Å². The number of Topliss-reactive ketones (excluding diaryl/α,β-unsaturated/α-hetero) is 4. The summed E-state index contributed by atoms with van der Waals surface area (Å²) in [4.78, 5) is 52.8. The molecule has 2 aliphatic carbocycles. The topological polar surface area (TPSA) is 68.3 Å². The molecule has 0 aliphatic heterocycles. The van der Waals surface area contributed by atoms with Crippen LogP contribution in [-0.4, -0.2) is 23.1 Å². The van der Waals surface area contributed by atoms with E-state index in [4.69, 9.17) is 0 Å². The van der Waals surface area contributed by atoms with Gasteiger partial charge in [-0.15, -0.1) is 0 Å². The highest BCUT2D eigenvalue weighted by Gasteiger charge is 2.52. The van der Waals surface area contributed by atoms with Crippen molar-refractivity contribution in [2.24, 2.45) is 22.7 Å². The fourth-order valence-electron chi connectivity index (χ4n) is 5.39. The average molecular weight is 425 g/mol. The van der Waals surface area contributed by atoms with E-state index >= 15 is 0 Å². The third-order valence-corrected chi connectivity index (χ3v) is 6.88. The summed E-state index contributed by atoms with van der Waals surface area (Å²) in [5, 5.41) is 0. The van der Waals surface area contributed by atoms with Crippen molar-refractivity contribution in [3.8, 4) is 0 Å². The number of benzene rings is 1. The Hall–Kier alpha value is -2.10. The Morgan fingerprint density at radius 3 is 1.29 bits per heavy atom. The molecule has 4 heteroatoms. The molecule has 3 rings (SSSR count). The molecule has 4 nitrogen and oxygen atoms in total. The quantitative estimate of drug-likeness (QED) is 0.624. The lowest BCUT2D eigenvalue weighted by Gasteiger charge is -2.41. The van der Waals surface area contributed by atoms with Crippen molar-refractivity contribution in [2.75, 3.05) is 0 Å². The molecule has 2 saturated carbocycles. The van der Waals surface area contributed by atoms with Crippen molar-refractivity contribution in [2.45, 2.75) is 85.5 Å². The maximum absolute atomic E-state index is 13.2. The Balaban J connectivity index is 2.09. The van der Waals surface area contributed by atoms with Gasteiger partial charge in [0.25, 0.3) is 0 Å². The van der Waals surface area contributed by atoms with E-state index in [0.29, 0.717) is 25.7 Å². The largest absolute Gasteiger partial charge is 0.299 e. The summed E-state index contributed by atoms with van der Waals surface area (Å²) in [6.07, 6.45) is 1.17. The molecular weight excluding hydrogens is 388 g/mol. The first-order valence-corrected chi connectivity index (χ1v) is 11.3. The van der Waals surface area contributed by atoms with Gasteiger partial charge in [-0.25, -0.2) is 0 Å². The van der Waals surface area contributed by atoms with Gasteiger partial charge >= 0.3 is 0 Å². The molecule has 2 fully saturated rings. The minimum absolute atomic E-state index is 0.0466. The standard InChI is InChI=1S/C27H36O4/c1-25(2,3)17-10-8-16(9-11-17)22(23-18(28)12-26(4,5)13-19(23)29)24-20(30)14-27(6,7)15-21(24)31/h8-11,22-24H,12-15H2,1-7H3. The van der Waals surface area contributed by atoms with Gasteiger partial charge < -0.3 is 0 Å². The Morgan fingerprint density at radius 1 is 0.677 bits per heavy atom. The van der Waals surface area contributed by atoms with Crippen LogP contribution in [0.4, 0.5) is 0 Å². The highest BCUT2D eigenvalue weighted by Crippen LogP contribution is 2.47. The van der Waals surface area contributed by atoms with E-state index in [9.17, 15) is 19.2 Å². The lowest BCUT2D eigenvalue weighted by atomic mass is 9.59. The van der Waals surface area contributed by atoms with Crippen LogP contribution in [0.25, 0.3) is 0 Å². The van der Waals surface area contributed by atoms with E-state index in [2.05, 4.69) is 20.8 Å². The predicted molar refractivity (Wildman–Crippen MR) is 121 cm³/mol. The first-order chi connectivity index (χ1) is 14.1. The van der Waals surface area contributed by atoms with Crippen LogP contribution in [0.3, 0.4) is 0 Å². The highest BCUT2D eigenvalue weighted by atomic mass is 16.2. The fraction of sp³-hybridized carbons (Fsp3) is 0.630. The number of rotatable bonds is 3. The van der Waals surface area contributed by atoms with Gasteiger partial charge in [-0.05, 0) is 27.4 Å². The zero-order valence-electron chi connectivity index (χ0n) is 20.0. The smallest absolute Gasteiger partial charge is 0.144 e. The molecule has 0 saturated heterocycles. The Labute approximate surface area is 186 Å². The third-order valence-electron chi connectivity index (χ3n) is 6.88. The van der Waals surface area contributed by atoms with Crippen molar-refractivity contribution in [1.29, 1.82) is 0 Å². The van der Waals surface area contributed by atoms with Crippen molar-refractivity contribution in [3.05, 3.63) is 35.4 Å². The third kappa shape index (κ3) is 4.88. The van der Waals surface area contributed by atoms with Crippen molar-refractivity contribution < 1.29 is 19.2 Å². The molecule has 0 atom stereocenters. The SMILES string of the molecule is CC1(C)CC(=O)C(C(c2ccc(C(C)(C)C)cc2)C2C(=O)CC(C)(C)CC2=O)C(=O)C1. The molecule has 0 bridgehead atoms. The number of carbonyl (C=O) groups is 4. The Bertz CT molecular complexity index is 824. The Morgan fingerprint density at radius 2 is 1.00 bits per heavy atom. The van der Waals surface area contributed by atoms with E-state index in [-0.39, 0.29) is 39.4 Å². The van der Waals surface area contributed by atoms with Gasteiger partial charge in [-0.2, -0.15) is 0 Å². The van der Waals surface area contributed by atoms with E-state index < -0.39 is 17.8 Å². The summed E-state index contributed by atoms with van der Waals surface area (Å²) < 4.78 is 0. The van der Waals surface area contributed by atoms with Crippen LogP contribution < -0.4 is 0 Å². The lowest BCUT2D eigenvalue weighted by Crippen LogP contribution is -2.48. The van der Waals surface area contributed by atoms with Crippen LogP contribution >= 0.6 is 0 Å². The zero-order valence-corrected chi connectivity index (χ0v) is 20.0. The Kier molecular flexibility index (Phi) is 5.92. The second kappa shape index (κ2) is 7.79. The molecule has 2 aliphatic rings. The molecule has 1 aromatic rings. The summed E-state index contributed by atoms with van der Waals surface area (Å²) in [5.74, 6) is -3.12. The summed E-state index contributed by atoms with van der Waals surface area (Å²) >= 11 is 0. The summed E-state index contributed by atoms with van der Waals surface area (Å²) in [6, 6.07) is 7.80. The molecule has 31 heavy (non-hydrogen) atoms. The number of carbonyl (C=O) groups excluding carboxylic acids is 4. The molecule has 0 amide bonds. The normalized spacial score (nSPS) is 23.0. The van der Waals surface area contributed by atoms with Gasteiger partial charge in [0, 0.05) is 31.6 Å². The van der Waals surface area contributed by atoms with Crippen LogP contribution in [0.2, 0.25) is 0 Å². The average Bonchev–Trinajstić information content (AvgIpc) is 2.56. The van der Waals surface area contributed by atoms with E-state index in [1.165, 1.54) is 0 Å². The van der Waals surface area contributed by atoms with Gasteiger partial charge in [0.1, 0.15) is 23.1 Å². The molecular formula is C27H36O4. The number of hydrogen-bond donors (Lipinski definition) is 0. The second-order valence-corrected chi connectivity index (χ2v) is 12.3. The van der Waals surface area contributed by atoms with E-state index in [0.717, 1.165) is 11.1 Å². The van der Waals surface area contributed by atoms with Gasteiger partial charge in [-0.3, -0.25) is 19.2 Å². The number of ketones is 4. The van der Waals surface area contributed by atoms with Crippen LogP contribution in [0.15, 0.2) is 24.3 Å². The lowest BCUT2D eigenvalue weighted by molar-refractivity contribution is -0.145. The first-order valence-electron chi connectivity index (χ1n) is 11.3. The summed E-state index contributed by atoms with van der Waals surface area (Å²) in [5.41, 5.74) is 1.06. The van der Waals surface area contributed by atoms with E-state index in [1.807, 2.05) is 52.0 Å². The predicted octanol–water partition coefficient (Wildman–Crippen LogP) is 5.22. The maximum Gasteiger partial charge on any atom is 0.144 e. The zero-order chi connectivity index (χ0) is 23.4. The minimum atomic E-state index is -0.923. The summed E-state index contributed by atoms with van der Waals surface area (Å²) in [7, 11) is 0. The van der Waals surface area contributed by atoms with Gasteiger partial charge in [0.15, 0.2) is 0 Å². The van der Waals surface area contributed by atoms with Crippen molar-refractivity contribution in [3.63, 3.8) is 0 Å². The molecule has 0 radical (unpaired) electrons. The molecule has 168 valence electrons. The molecule has 0 unspecified atom stereocenters. The molecule has 0 N–H and O–H groups in total. The molecule has 0 heterocycles. The van der Waals surface area contributed by atoms with Crippen LogP contribution in [-0.2, 0) is 24.6 Å². The molecule has 1 aromatic carbocycles. The van der Waals surface area contributed by atoms with Gasteiger partial charge in [-0.1, -0.05) is 72.7 Å². The molecule has 0 aromatic heterocycles. The number of hydrogen-bond acceptors (Lipinski definition) is 4. The van der Waals surface area contributed by atoms with Gasteiger partial charge in [0.05, 0.1) is 11.8 Å². The van der Waals surface area contributed by atoms with Crippen molar-refractivity contribution >= 4 is 23.1 Å². The second-order valence-electron chi connectivity index (χ2n) is 12.3. The molecule has 0 spiro atoms. The highest BCUT2D eigenvalue weighted by molar-refractivity contribution is 6.11. The minimum Gasteiger partial charge on any atom is -0.299 e. The maximum atomic E-state index is 13.2. The summed E-state index contributed by atoms with van der Waals surface area (Å²) in [6.45, 7) is 14.0. The first kappa shape index (κ1) is 23.6. The fourth-order valence-corrected chi connectivity index (χ4v) is 5.39. The van der Waals surface area contributed by atoms with Crippen LogP contribution in [0, 0.1) is 22.7 Å². The van der Waals surface area contributed by atoms with Crippen LogP contribution in [0.5, 0.6) is 0 Å². The van der Waals surface area contributed by atoms with Crippen molar-refractivity contribution in [1.82, 2.24) is 0 Å². The van der Waals surface area contributed by atoms with Gasteiger partial charge in [0.2, 0.25) is 0 Å². The monoisotopic (exact) mass is 424 g/mol. The van der Waals surface area contributed by atoms with Crippen LogP contribution in [0.1, 0.15) is 91.2 Å².